The second-order valence-corrected chi connectivity index (χ2v) is 8.36. The largest absolute Gasteiger partial charge is 0.494 e. The standard InChI is InChI=1S/C26H28F2N6O2/c1-4-16-13-17(5-6-18(16)26(35)32-15(2)9-10-29)33-24-25-31-14-20(34(25)12-11-30-24)19-7-8-21(36-3)23(28)22(19)27/h5-8,11-15H,4,9-10,29H2,1-3H3,(H,30,33)(H,32,35). The average Bonchev–Trinajstić information content (AvgIpc) is 3.30. The lowest BCUT2D eigenvalue weighted by atomic mass is 10.0. The SMILES string of the molecule is CCc1cc(Nc2nccn3c(-c4ccc(OC)c(F)c4F)cnc23)ccc1C(=O)NC(C)CCN. The summed E-state index contributed by atoms with van der Waals surface area (Å²) in [5, 5.41) is 6.20. The molecule has 1 atom stereocenters. The predicted octanol–water partition coefficient (Wildman–Crippen LogP) is 4.46. The minimum Gasteiger partial charge on any atom is -0.494 e. The van der Waals surface area contributed by atoms with E-state index in [1.165, 1.54) is 25.4 Å². The van der Waals surface area contributed by atoms with Crippen LogP contribution in [0, 0.1) is 11.6 Å². The Hall–Kier alpha value is -4.05. The van der Waals surface area contributed by atoms with E-state index in [9.17, 15) is 13.6 Å². The molecule has 4 rings (SSSR count). The number of hydrogen-bond donors (Lipinski definition) is 3. The molecular weight excluding hydrogens is 466 g/mol. The highest BCUT2D eigenvalue weighted by atomic mass is 19.2. The maximum absolute atomic E-state index is 14.7. The van der Waals surface area contributed by atoms with Crippen LogP contribution in [-0.2, 0) is 6.42 Å². The molecule has 0 bridgehead atoms. The van der Waals surface area contributed by atoms with Crippen LogP contribution in [0.15, 0.2) is 48.9 Å². The number of rotatable bonds is 9. The van der Waals surface area contributed by atoms with E-state index in [1.807, 2.05) is 19.9 Å². The molecule has 0 spiro atoms. The van der Waals surface area contributed by atoms with E-state index in [0.29, 0.717) is 47.8 Å². The number of nitrogens with zero attached hydrogens (tertiary/aromatic N) is 3. The van der Waals surface area contributed by atoms with E-state index < -0.39 is 11.6 Å². The van der Waals surface area contributed by atoms with Crippen molar-refractivity contribution in [2.24, 2.45) is 5.73 Å². The summed E-state index contributed by atoms with van der Waals surface area (Å²) in [5.74, 6) is -1.98. The maximum atomic E-state index is 14.7. The molecule has 0 aliphatic heterocycles. The van der Waals surface area contributed by atoms with Crippen molar-refractivity contribution in [1.82, 2.24) is 19.7 Å². The Labute approximate surface area is 207 Å². The van der Waals surface area contributed by atoms with Crippen molar-refractivity contribution in [2.75, 3.05) is 19.0 Å². The molecule has 8 nitrogen and oxygen atoms in total. The van der Waals surface area contributed by atoms with Gasteiger partial charge in [-0.2, -0.15) is 4.39 Å². The zero-order valence-electron chi connectivity index (χ0n) is 20.3. The normalized spacial score (nSPS) is 11.9. The fraction of sp³-hybridized carbons (Fsp3) is 0.269. The fourth-order valence-corrected chi connectivity index (χ4v) is 4.04. The van der Waals surface area contributed by atoms with E-state index in [0.717, 1.165) is 5.56 Å². The molecule has 10 heteroatoms. The fourth-order valence-electron chi connectivity index (χ4n) is 4.04. The number of carbonyl (C=O) groups excluding carboxylic acids is 1. The second-order valence-electron chi connectivity index (χ2n) is 8.36. The van der Waals surface area contributed by atoms with Crippen LogP contribution in [0.3, 0.4) is 0 Å². The van der Waals surface area contributed by atoms with Gasteiger partial charge in [0.15, 0.2) is 23.0 Å². The number of methoxy groups -OCH3 is 1. The quantitative estimate of drug-likeness (QED) is 0.317. The number of fused-ring (bicyclic) bond motifs is 1. The summed E-state index contributed by atoms with van der Waals surface area (Å²) in [6.07, 6.45) is 5.97. The molecule has 1 amide bonds. The summed E-state index contributed by atoms with van der Waals surface area (Å²) in [5.41, 5.74) is 8.59. The highest BCUT2D eigenvalue weighted by Gasteiger charge is 2.19. The van der Waals surface area contributed by atoms with Crippen molar-refractivity contribution < 1.29 is 18.3 Å². The van der Waals surface area contributed by atoms with E-state index >= 15 is 0 Å². The molecule has 0 aliphatic rings. The van der Waals surface area contributed by atoms with E-state index in [-0.39, 0.29) is 23.3 Å². The Kier molecular flexibility index (Phi) is 7.44. The Morgan fingerprint density at radius 3 is 2.72 bits per heavy atom. The number of aromatic nitrogens is 3. The van der Waals surface area contributed by atoms with E-state index in [4.69, 9.17) is 10.5 Å². The molecule has 0 saturated carbocycles. The number of benzene rings is 2. The number of amides is 1. The maximum Gasteiger partial charge on any atom is 0.251 e. The minimum atomic E-state index is -1.06. The number of halogens is 2. The van der Waals surface area contributed by atoms with Crippen LogP contribution in [0.1, 0.15) is 36.2 Å². The van der Waals surface area contributed by atoms with Gasteiger partial charge in [0.05, 0.1) is 19.0 Å². The van der Waals surface area contributed by atoms with Crippen LogP contribution < -0.4 is 21.1 Å². The summed E-state index contributed by atoms with van der Waals surface area (Å²) in [4.78, 5) is 21.5. The number of nitrogens with one attached hydrogen (secondary N) is 2. The molecule has 2 aromatic heterocycles. The van der Waals surface area contributed by atoms with Crippen LogP contribution >= 0.6 is 0 Å². The van der Waals surface area contributed by atoms with Crippen LogP contribution in [0.5, 0.6) is 5.75 Å². The first-order valence-electron chi connectivity index (χ1n) is 11.6. The van der Waals surface area contributed by atoms with Crippen molar-refractivity contribution in [3.63, 3.8) is 0 Å². The minimum absolute atomic E-state index is 0.0227. The third-order valence-electron chi connectivity index (χ3n) is 5.94. The number of carbonyl (C=O) groups is 1. The first kappa shape index (κ1) is 25.1. The number of aryl methyl sites for hydroxylation is 1. The molecular formula is C26H28F2N6O2. The van der Waals surface area contributed by atoms with Crippen LogP contribution in [0.4, 0.5) is 20.3 Å². The summed E-state index contributed by atoms with van der Waals surface area (Å²) < 4.78 is 35.5. The van der Waals surface area contributed by atoms with Crippen molar-refractivity contribution in [2.45, 2.75) is 32.7 Å². The Morgan fingerprint density at radius 1 is 1.19 bits per heavy atom. The molecule has 4 aromatic rings. The van der Waals surface area contributed by atoms with Crippen molar-refractivity contribution in [3.05, 3.63) is 71.7 Å². The van der Waals surface area contributed by atoms with Crippen LogP contribution in [-0.4, -0.2) is 40.0 Å². The molecule has 2 heterocycles. The third-order valence-corrected chi connectivity index (χ3v) is 5.94. The monoisotopic (exact) mass is 494 g/mol. The molecule has 4 N–H and O–H groups in total. The summed E-state index contributed by atoms with van der Waals surface area (Å²) >= 11 is 0. The molecule has 188 valence electrons. The zero-order valence-corrected chi connectivity index (χ0v) is 20.3. The average molecular weight is 495 g/mol. The molecule has 2 aromatic carbocycles. The summed E-state index contributed by atoms with van der Waals surface area (Å²) in [7, 11) is 1.28. The Morgan fingerprint density at radius 2 is 2.00 bits per heavy atom. The summed E-state index contributed by atoms with van der Waals surface area (Å²) in [6, 6.07) is 8.23. The Balaban J connectivity index is 1.64. The first-order chi connectivity index (χ1) is 17.4. The van der Waals surface area contributed by atoms with E-state index in [2.05, 4.69) is 20.6 Å². The predicted molar refractivity (Wildman–Crippen MR) is 135 cm³/mol. The first-order valence-corrected chi connectivity index (χ1v) is 11.6. The van der Waals surface area contributed by atoms with Gasteiger partial charge < -0.3 is 21.1 Å². The second kappa shape index (κ2) is 10.7. The van der Waals surface area contributed by atoms with Gasteiger partial charge in [0.1, 0.15) is 0 Å². The van der Waals surface area contributed by atoms with Gasteiger partial charge in [0.25, 0.3) is 5.91 Å². The number of anilines is 2. The number of ether oxygens (including phenoxy) is 1. The molecule has 0 aliphatic carbocycles. The van der Waals surface area contributed by atoms with Crippen LogP contribution in [0.2, 0.25) is 0 Å². The van der Waals surface area contributed by atoms with Gasteiger partial charge in [0.2, 0.25) is 5.82 Å². The number of nitrogens with two attached hydrogens (primary N) is 1. The molecule has 0 radical (unpaired) electrons. The molecule has 1 unspecified atom stereocenters. The third kappa shape index (κ3) is 4.85. The number of hydrogen-bond acceptors (Lipinski definition) is 6. The van der Waals surface area contributed by atoms with Gasteiger partial charge in [-0.25, -0.2) is 14.4 Å². The molecule has 0 saturated heterocycles. The van der Waals surface area contributed by atoms with E-state index in [1.54, 1.807) is 28.9 Å². The topological polar surface area (TPSA) is 107 Å². The smallest absolute Gasteiger partial charge is 0.251 e. The van der Waals surface area contributed by atoms with Gasteiger partial charge in [-0.05, 0) is 62.2 Å². The highest BCUT2D eigenvalue weighted by molar-refractivity contribution is 5.96. The van der Waals surface area contributed by atoms with Gasteiger partial charge in [-0.1, -0.05) is 6.92 Å². The molecule has 36 heavy (non-hydrogen) atoms. The van der Waals surface area contributed by atoms with Gasteiger partial charge in [0, 0.05) is 35.2 Å². The summed E-state index contributed by atoms with van der Waals surface area (Å²) in [6.45, 7) is 4.39. The van der Waals surface area contributed by atoms with Crippen molar-refractivity contribution in [1.29, 1.82) is 0 Å². The van der Waals surface area contributed by atoms with Crippen LogP contribution in [0.25, 0.3) is 16.9 Å². The zero-order chi connectivity index (χ0) is 25.8. The lowest BCUT2D eigenvalue weighted by Gasteiger charge is -2.16. The van der Waals surface area contributed by atoms with Crippen molar-refractivity contribution in [3.8, 4) is 17.0 Å². The highest BCUT2D eigenvalue weighted by Crippen LogP contribution is 2.31. The Bertz CT molecular complexity index is 1400. The van der Waals surface area contributed by atoms with Crippen molar-refractivity contribution >= 4 is 23.1 Å². The lowest BCUT2D eigenvalue weighted by Crippen LogP contribution is -2.34. The van der Waals surface area contributed by atoms with Gasteiger partial charge in [-0.15, -0.1) is 0 Å². The van der Waals surface area contributed by atoms with Gasteiger partial charge in [-0.3, -0.25) is 9.20 Å². The van der Waals surface area contributed by atoms with Gasteiger partial charge >= 0.3 is 0 Å². The number of imidazole rings is 1. The lowest BCUT2D eigenvalue weighted by molar-refractivity contribution is 0.0938. The molecule has 0 fully saturated rings.